The topological polar surface area (TPSA) is 116 Å². The van der Waals surface area contributed by atoms with Gasteiger partial charge in [-0.2, -0.15) is 0 Å². The fourth-order valence-electron chi connectivity index (χ4n) is 2.72. The number of furan rings is 1. The van der Waals surface area contributed by atoms with E-state index in [0.717, 1.165) is 16.7 Å². The van der Waals surface area contributed by atoms with E-state index in [4.69, 9.17) is 8.83 Å². The van der Waals surface area contributed by atoms with Crippen LogP contribution < -0.4 is 10.9 Å². The minimum atomic E-state index is -0.460. The van der Waals surface area contributed by atoms with Gasteiger partial charge in [-0.1, -0.05) is 11.8 Å². The Bertz CT molecular complexity index is 1180. The highest BCUT2D eigenvalue weighted by Gasteiger charge is 2.12. The lowest BCUT2D eigenvalue weighted by molar-refractivity contribution is -0.114. The Labute approximate surface area is 162 Å². The Morgan fingerprint density at radius 1 is 1.29 bits per heavy atom. The first kappa shape index (κ1) is 18.0. The molecule has 3 heterocycles. The SMILES string of the molecule is CC(=O)Nc1ccc2c(CSc3nnnn3Cc3ccco3)cc(=O)oc2c1. The van der Waals surface area contributed by atoms with Gasteiger partial charge in [-0.05, 0) is 40.3 Å². The lowest BCUT2D eigenvalue weighted by Gasteiger charge is -2.07. The van der Waals surface area contributed by atoms with E-state index in [1.165, 1.54) is 24.8 Å². The number of hydrogen-bond acceptors (Lipinski definition) is 8. The summed E-state index contributed by atoms with van der Waals surface area (Å²) in [4.78, 5) is 23.2. The standard InChI is InChI=1S/C18H15N5O4S/c1-11(24)19-13-4-5-15-12(7-17(25)27-16(15)8-13)10-28-18-20-21-22-23(18)9-14-3-2-6-26-14/h2-8H,9-10H2,1H3,(H,19,24). The molecule has 0 fully saturated rings. The quantitative estimate of drug-likeness (QED) is 0.390. The summed E-state index contributed by atoms with van der Waals surface area (Å²) < 4.78 is 12.2. The monoisotopic (exact) mass is 397 g/mol. The van der Waals surface area contributed by atoms with Gasteiger partial charge in [-0.15, -0.1) is 5.10 Å². The molecule has 0 bridgehead atoms. The number of rotatable bonds is 6. The summed E-state index contributed by atoms with van der Waals surface area (Å²) in [6.45, 7) is 1.83. The molecular weight excluding hydrogens is 382 g/mol. The van der Waals surface area contributed by atoms with E-state index < -0.39 is 5.63 Å². The average molecular weight is 397 g/mol. The van der Waals surface area contributed by atoms with Gasteiger partial charge in [0.05, 0.1) is 6.26 Å². The van der Waals surface area contributed by atoms with Crippen molar-refractivity contribution in [1.82, 2.24) is 20.2 Å². The number of thioether (sulfide) groups is 1. The van der Waals surface area contributed by atoms with Crippen LogP contribution in [-0.4, -0.2) is 26.1 Å². The molecule has 4 aromatic rings. The maximum absolute atomic E-state index is 12.0. The summed E-state index contributed by atoms with van der Waals surface area (Å²) in [5.74, 6) is 1.02. The van der Waals surface area contributed by atoms with Crippen LogP contribution in [0.5, 0.6) is 0 Å². The van der Waals surface area contributed by atoms with Crippen molar-refractivity contribution in [3.63, 3.8) is 0 Å². The van der Waals surface area contributed by atoms with Gasteiger partial charge in [-0.25, -0.2) is 9.48 Å². The third-order valence-electron chi connectivity index (χ3n) is 3.89. The molecule has 0 saturated heterocycles. The summed E-state index contributed by atoms with van der Waals surface area (Å²) in [5, 5.41) is 15.8. The zero-order chi connectivity index (χ0) is 19.5. The van der Waals surface area contributed by atoms with Crippen LogP contribution in [0.4, 0.5) is 5.69 Å². The maximum atomic E-state index is 12.0. The lowest BCUT2D eigenvalue weighted by Crippen LogP contribution is -2.06. The van der Waals surface area contributed by atoms with Crippen molar-refractivity contribution < 1.29 is 13.6 Å². The molecule has 3 aromatic heterocycles. The van der Waals surface area contributed by atoms with Crippen LogP contribution in [-0.2, 0) is 17.1 Å². The number of fused-ring (bicyclic) bond motifs is 1. The van der Waals surface area contributed by atoms with Gasteiger partial charge in [0.1, 0.15) is 17.9 Å². The first-order valence-electron chi connectivity index (χ1n) is 8.34. The van der Waals surface area contributed by atoms with Crippen LogP contribution in [0.15, 0.2) is 61.4 Å². The maximum Gasteiger partial charge on any atom is 0.336 e. The molecule has 0 saturated carbocycles. The van der Waals surface area contributed by atoms with E-state index in [9.17, 15) is 9.59 Å². The minimum absolute atomic E-state index is 0.197. The second-order valence-corrected chi connectivity index (χ2v) is 6.91. The Morgan fingerprint density at radius 3 is 2.96 bits per heavy atom. The van der Waals surface area contributed by atoms with Gasteiger partial charge in [0.25, 0.3) is 0 Å². The molecule has 0 aliphatic rings. The van der Waals surface area contributed by atoms with Crippen molar-refractivity contribution in [2.24, 2.45) is 0 Å². The minimum Gasteiger partial charge on any atom is -0.467 e. The molecule has 142 valence electrons. The van der Waals surface area contributed by atoms with Gasteiger partial charge in [0, 0.05) is 35.9 Å². The number of carbonyl (C=O) groups is 1. The van der Waals surface area contributed by atoms with Gasteiger partial charge in [0.15, 0.2) is 0 Å². The molecule has 0 aliphatic heterocycles. The number of amides is 1. The molecular formula is C18H15N5O4S. The van der Waals surface area contributed by atoms with Crippen molar-refractivity contribution in [2.75, 3.05) is 5.32 Å². The third kappa shape index (κ3) is 3.96. The van der Waals surface area contributed by atoms with Crippen molar-refractivity contribution in [3.8, 4) is 0 Å². The molecule has 0 unspecified atom stereocenters. The number of aromatic nitrogens is 4. The third-order valence-corrected chi connectivity index (χ3v) is 4.90. The van der Waals surface area contributed by atoms with Crippen molar-refractivity contribution in [3.05, 3.63) is 64.4 Å². The van der Waals surface area contributed by atoms with Gasteiger partial charge < -0.3 is 14.2 Å². The van der Waals surface area contributed by atoms with Gasteiger partial charge in [0.2, 0.25) is 11.1 Å². The normalized spacial score (nSPS) is 11.0. The van der Waals surface area contributed by atoms with E-state index in [-0.39, 0.29) is 5.91 Å². The number of benzene rings is 1. The average Bonchev–Trinajstić information content (AvgIpc) is 3.31. The van der Waals surface area contributed by atoms with E-state index in [0.29, 0.717) is 28.7 Å². The molecule has 0 aliphatic carbocycles. The molecule has 1 aromatic carbocycles. The Hall–Kier alpha value is -3.40. The second-order valence-electron chi connectivity index (χ2n) is 5.97. The van der Waals surface area contributed by atoms with Crippen LogP contribution in [0.2, 0.25) is 0 Å². The number of nitrogens with one attached hydrogen (secondary N) is 1. The van der Waals surface area contributed by atoms with Crippen LogP contribution in [0.1, 0.15) is 18.2 Å². The predicted octanol–water partition coefficient (Wildman–Crippen LogP) is 2.67. The highest BCUT2D eigenvalue weighted by molar-refractivity contribution is 7.98. The zero-order valence-corrected chi connectivity index (χ0v) is 15.6. The van der Waals surface area contributed by atoms with Gasteiger partial charge >= 0.3 is 5.63 Å². The molecule has 28 heavy (non-hydrogen) atoms. The molecule has 0 atom stereocenters. The van der Waals surface area contributed by atoms with Crippen LogP contribution in [0.25, 0.3) is 11.0 Å². The summed E-state index contributed by atoms with van der Waals surface area (Å²) in [6.07, 6.45) is 1.59. The molecule has 0 radical (unpaired) electrons. The fraction of sp³-hybridized carbons (Fsp3) is 0.167. The summed E-state index contributed by atoms with van der Waals surface area (Å²) in [6, 6.07) is 10.3. The Kier molecular flexibility index (Phi) is 4.94. The van der Waals surface area contributed by atoms with Crippen LogP contribution in [0, 0.1) is 0 Å². The highest BCUT2D eigenvalue weighted by atomic mass is 32.2. The van der Waals surface area contributed by atoms with Gasteiger partial charge in [-0.3, -0.25) is 4.79 Å². The fourth-order valence-corrected chi connectivity index (χ4v) is 3.59. The number of anilines is 1. The van der Waals surface area contributed by atoms with E-state index >= 15 is 0 Å². The van der Waals surface area contributed by atoms with Crippen molar-refractivity contribution in [2.45, 2.75) is 24.4 Å². The van der Waals surface area contributed by atoms with Crippen LogP contribution in [0.3, 0.4) is 0 Å². The Balaban J connectivity index is 1.58. The second kappa shape index (κ2) is 7.69. The summed E-state index contributed by atoms with van der Waals surface area (Å²) in [7, 11) is 0. The largest absolute Gasteiger partial charge is 0.467 e. The smallest absolute Gasteiger partial charge is 0.336 e. The Morgan fingerprint density at radius 2 is 2.18 bits per heavy atom. The zero-order valence-electron chi connectivity index (χ0n) is 14.8. The summed E-state index contributed by atoms with van der Waals surface area (Å²) in [5.41, 5.74) is 1.30. The lowest BCUT2D eigenvalue weighted by atomic mass is 10.1. The first-order valence-corrected chi connectivity index (χ1v) is 9.33. The highest BCUT2D eigenvalue weighted by Crippen LogP contribution is 2.27. The predicted molar refractivity (Wildman–Crippen MR) is 102 cm³/mol. The number of hydrogen-bond donors (Lipinski definition) is 1. The number of carbonyl (C=O) groups excluding carboxylic acids is 1. The molecule has 1 N–H and O–H groups in total. The molecule has 9 nitrogen and oxygen atoms in total. The van der Waals surface area contributed by atoms with E-state index in [1.54, 1.807) is 29.1 Å². The van der Waals surface area contributed by atoms with E-state index in [2.05, 4.69) is 20.8 Å². The number of tetrazole rings is 1. The first-order chi connectivity index (χ1) is 13.6. The van der Waals surface area contributed by atoms with Crippen LogP contribution >= 0.6 is 11.8 Å². The molecule has 4 rings (SSSR count). The molecule has 0 spiro atoms. The molecule has 1 amide bonds. The summed E-state index contributed by atoms with van der Waals surface area (Å²) >= 11 is 1.40. The van der Waals surface area contributed by atoms with Crippen molar-refractivity contribution in [1.29, 1.82) is 0 Å². The number of nitrogens with zero attached hydrogens (tertiary/aromatic N) is 4. The molecule has 10 heteroatoms. The van der Waals surface area contributed by atoms with E-state index in [1.807, 2.05) is 12.1 Å². The van der Waals surface area contributed by atoms with Crippen molar-refractivity contribution >= 4 is 34.3 Å².